The zero-order valence-corrected chi connectivity index (χ0v) is 19.8. The lowest BCUT2D eigenvalue weighted by molar-refractivity contribution is -0.141. The van der Waals surface area contributed by atoms with E-state index in [0.717, 1.165) is 27.9 Å². The molecular weight excluding hydrogens is 434 g/mol. The summed E-state index contributed by atoms with van der Waals surface area (Å²) in [6.07, 6.45) is 2.41. The smallest absolute Gasteiger partial charge is 0.249 e. The number of hydrogen-bond acceptors (Lipinski definition) is 6. The number of aryl methyl sites for hydroxylation is 1. The molecule has 0 aliphatic carbocycles. The third kappa shape index (κ3) is 3.59. The Morgan fingerprint density at radius 3 is 2.50 bits per heavy atom. The first-order valence-electron chi connectivity index (χ1n) is 10.7. The van der Waals surface area contributed by atoms with Gasteiger partial charge in [-0.15, -0.1) is 0 Å². The van der Waals surface area contributed by atoms with Crippen LogP contribution in [0.3, 0.4) is 0 Å². The van der Waals surface area contributed by atoms with Gasteiger partial charge in [0, 0.05) is 56.4 Å². The molecule has 1 aromatic carbocycles. The predicted octanol–water partition coefficient (Wildman–Crippen LogP) is 1.00. The number of carbonyl (C=O) groups excluding carboxylic acids is 1. The van der Waals surface area contributed by atoms with Gasteiger partial charge in [0.15, 0.2) is 0 Å². The summed E-state index contributed by atoms with van der Waals surface area (Å²) in [5, 5.41) is 11.4. The Labute approximate surface area is 188 Å². The fourth-order valence-electron chi connectivity index (χ4n) is 5.48. The van der Waals surface area contributed by atoms with E-state index in [1.165, 1.54) is 17.7 Å². The van der Waals surface area contributed by atoms with Crippen molar-refractivity contribution in [2.75, 3.05) is 53.3 Å². The summed E-state index contributed by atoms with van der Waals surface area (Å²) < 4.78 is 38.4. The highest BCUT2D eigenvalue weighted by Crippen LogP contribution is 2.50. The molecule has 2 aliphatic heterocycles. The van der Waals surface area contributed by atoms with Gasteiger partial charge in [-0.3, -0.25) is 4.79 Å². The molecule has 1 aromatic heterocycles. The molecule has 0 bridgehead atoms. The topological polar surface area (TPSA) is 101 Å². The molecule has 1 spiro atoms. The Balaban J connectivity index is 1.92. The lowest BCUT2D eigenvalue weighted by Crippen LogP contribution is -2.56. The predicted molar refractivity (Wildman–Crippen MR) is 120 cm³/mol. The molecule has 2 aliphatic rings. The van der Waals surface area contributed by atoms with Crippen molar-refractivity contribution in [1.82, 2.24) is 13.8 Å². The molecule has 0 radical (unpaired) electrons. The number of nitrogens with zero attached hydrogens (tertiary/aromatic N) is 3. The van der Waals surface area contributed by atoms with Crippen LogP contribution in [0.4, 0.5) is 0 Å². The number of rotatable bonds is 5. The van der Waals surface area contributed by atoms with Gasteiger partial charge in [-0.2, -0.15) is 0 Å². The molecule has 10 heteroatoms. The number of hydrogen-bond donors (Lipinski definition) is 1. The number of amides is 1. The van der Waals surface area contributed by atoms with Gasteiger partial charge in [0.05, 0.1) is 31.5 Å². The van der Waals surface area contributed by atoms with E-state index in [4.69, 9.17) is 9.47 Å². The van der Waals surface area contributed by atoms with Crippen molar-refractivity contribution in [1.29, 1.82) is 0 Å². The summed E-state index contributed by atoms with van der Waals surface area (Å²) in [4.78, 5) is 14.7. The highest BCUT2D eigenvalue weighted by Gasteiger charge is 2.50. The summed E-state index contributed by atoms with van der Waals surface area (Å²) in [6.45, 7) is 0.905. The maximum Gasteiger partial charge on any atom is 0.249 e. The van der Waals surface area contributed by atoms with Crippen LogP contribution in [-0.4, -0.2) is 86.5 Å². The molecule has 1 saturated heterocycles. The zero-order valence-electron chi connectivity index (χ0n) is 19.0. The summed E-state index contributed by atoms with van der Waals surface area (Å²) in [7, 11) is 1.75. The molecule has 3 heterocycles. The minimum atomic E-state index is -3.29. The fourth-order valence-corrected chi connectivity index (χ4v) is 6.33. The Bertz CT molecular complexity index is 1130. The molecular formula is C22H31N3O6S. The third-order valence-electron chi connectivity index (χ3n) is 7.06. The molecule has 176 valence electrons. The SMILES string of the molecule is COCC(=O)N1CC2(CCN(S(C)(=O)=O)CC2)c2c(n(C)c3cc(OC)ccc23)[C@H]1CO. The molecule has 9 nitrogen and oxygen atoms in total. The van der Waals surface area contributed by atoms with Crippen LogP contribution in [0, 0.1) is 0 Å². The number of carbonyl (C=O) groups is 1. The lowest BCUT2D eigenvalue weighted by Gasteiger charge is -2.50. The van der Waals surface area contributed by atoms with E-state index in [2.05, 4.69) is 0 Å². The minimum Gasteiger partial charge on any atom is -0.497 e. The molecule has 1 fully saturated rings. The molecule has 1 N–H and O–H groups in total. The number of ether oxygens (including phenoxy) is 2. The largest absolute Gasteiger partial charge is 0.497 e. The van der Waals surface area contributed by atoms with Crippen LogP contribution in [0.15, 0.2) is 18.2 Å². The van der Waals surface area contributed by atoms with Gasteiger partial charge in [0.25, 0.3) is 0 Å². The Morgan fingerprint density at radius 2 is 1.94 bits per heavy atom. The number of sulfonamides is 1. The van der Waals surface area contributed by atoms with Crippen LogP contribution >= 0.6 is 0 Å². The van der Waals surface area contributed by atoms with Crippen molar-refractivity contribution < 1.29 is 27.8 Å². The maximum absolute atomic E-state index is 13.0. The van der Waals surface area contributed by atoms with Crippen LogP contribution in [0.25, 0.3) is 10.9 Å². The van der Waals surface area contributed by atoms with Gasteiger partial charge >= 0.3 is 0 Å². The van der Waals surface area contributed by atoms with Crippen LogP contribution in [0.1, 0.15) is 30.1 Å². The molecule has 1 atom stereocenters. The molecule has 4 rings (SSSR count). The Hall–Kier alpha value is -2.14. The van der Waals surface area contributed by atoms with Crippen molar-refractivity contribution in [3.63, 3.8) is 0 Å². The highest BCUT2D eigenvalue weighted by molar-refractivity contribution is 7.88. The van der Waals surface area contributed by atoms with Gasteiger partial charge in [-0.25, -0.2) is 12.7 Å². The number of fused-ring (bicyclic) bond motifs is 4. The second-order valence-electron chi connectivity index (χ2n) is 8.80. The first-order valence-corrected chi connectivity index (χ1v) is 12.5. The van der Waals surface area contributed by atoms with Crippen molar-refractivity contribution in [3.8, 4) is 5.75 Å². The van der Waals surface area contributed by atoms with Crippen LogP contribution in [-0.2, 0) is 32.0 Å². The van der Waals surface area contributed by atoms with Crippen molar-refractivity contribution in [3.05, 3.63) is 29.5 Å². The summed E-state index contributed by atoms with van der Waals surface area (Å²) in [5.74, 6) is 0.536. The van der Waals surface area contributed by atoms with E-state index in [9.17, 15) is 18.3 Å². The monoisotopic (exact) mass is 465 g/mol. The van der Waals surface area contributed by atoms with E-state index < -0.39 is 21.5 Å². The van der Waals surface area contributed by atoms with Crippen LogP contribution in [0.5, 0.6) is 5.75 Å². The third-order valence-corrected chi connectivity index (χ3v) is 8.36. The van der Waals surface area contributed by atoms with Crippen molar-refractivity contribution >= 4 is 26.8 Å². The molecule has 0 unspecified atom stereocenters. The number of aromatic nitrogens is 1. The first kappa shape index (κ1) is 23.0. The molecule has 1 amide bonds. The number of piperidine rings is 1. The lowest BCUT2D eigenvalue weighted by atomic mass is 9.68. The van der Waals surface area contributed by atoms with Gasteiger partial charge in [0.1, 0.15) is 12.4 Å². The number of aliphatic hydroxyl groups is 1. The van der Waals surface area contributed by atoms with Crippen molar-refractivity contribution in [2.24, 2.45) is 7.05 Å². The fraction of sp³-hybridized carbons (Fsp3) is 0.591. The van der Waals surface area contributed by atoms with E-state index in [1.807, 2.05) is 29.8 Å². The Kier molecular flexibility index (Phi) is 6.00. The Morgan fingerprint density at radius 1 is 1.25 bits per heavy atom. The zero-order chi connectivity index (χ0) is 23.3. The summed E-state index contributed by atoms with van der Waals surface area (Å²) >= 11 is 0. The van der Waals surface area contributed by atoms with E-state index in [0.29, 0.717) is 32.5 Å². The summed E-state index contributed by atoms with van der Waals surface area (Å²) in [5.41, 5.74) is 2.53. The maximum atomic E-state index is 13.0. The molecule has 32 heavy (non-hydrogen) atoms. The van der Waals surface area contributed by atoms with E-state index in [-0.39, 0.29) is 19.1 Å². The van der Waals surface area contributed by atoms with Crippen LogP contribution < -0.4 is 4.74 Å². The second kappa shape index (κ2) is 8.33. The first-order chi connectivity index (χ1) is 15.2. The average molecular weight is 466 g/mol. The molecule has 0 saturated carbocycles. The number of benzene rings is 1. The minimum absolute atomic E-state index is 0.0743. The van der Waals surface area contributed by atoms with E-state index >= 15 is 0 Å². The number of methoxy groups -OCH3 is 2. The summed E-state index contributed by atoms with van der Waals surface area (Å²) in [6, 6.07) is 5.40. The quantitative estimate of drug-likeness (QED) is 0.707. The van der Waals surface area contributed by atoms with Gasteiger partial charge in [-0.1, -0.05) is 0 Å². The standard InChI is InChI=1S/C22H31N3O6S/c1-23-17-11-15(31-3)5-6-16(17)20-21(23)18(12-26)25(19(27)13-30-2)14-22(20)7-9-24(10-8-22)32(4,28)29/h5-6,11,18,26H,7-10,12-14H2,1-4H3/t18-/m1/s1. The number of aliphatic hydroxyl groups excluding tert-OH is 1. The van der Waals surface area contributed by atoms with Gasteiger partial charge < -0.3 is 24.0 Å². The molecule has 2 aromatic rings. The normalized spacial score (nSPS) is 21.2. The average Bonchev–Trinajstić information content (AvgIpc) is 3.06. The second-order valence-corrected chi connectivity index (χ2v) is 10.8. The van der Waals surface area contributed by atoms with E-state index in [1.54, 1.807) is 12.0 Å². The van der Waals surface area contributed by atoms with Crippen LogP contribution in [0.2, 0.25) is 0 Å². The van der Waals surface area contributed by atoms with Gasteiger partial charge in [0.2, 0.25) is 15.9 Å². The van der Waals surface area contributed by atoms with Crippen molar-refractivity contribution in [2.45, 2.75) is 24.3 Å². The highest BCUT2D eigenvalue weighted by atomic mass is 32.2. The van der Waals surface area contributed by atoms with Gasteiger partial charge in [-0.05, 0) is 30.5 Å².